The third-order valence-corrected chi connectivity index (χ3v) is 6.95. The maximum absolute atomic E-state index is 11.7. The van der Waals surface area contributed by atoms with E-state index in [0.29, 0.717) is 17.4 Å². The van der Waals surface area contributed by atoms with Crippen LogP contribution in [0, 0.1) is 17.8 Å². The summed E-state index contributed by atoms with van der Waals surface area (Å²) in [6, 6.07) is 7.85. The van der Waals surface area contributed by atoms with Gasteiger partial charge in [0.1, 0.15) is 5.60 Å². The van der Waals surface area contributed by atoms with Crippen LogP contribution in [0.4, 0.5) is 0 Å². The zero-order valence-electron chi connectivity index (χ0n) is 15.2. The van der Waals surface area contributed by atoms with E-state index in [1.165, 1.54) is 45.1 Å². The molecule has 4 rings (SSSR count). The number of nitrogens with zero attached hydrogens (tertiary/aromatic N) is 1. The molecule has 3 fully saturated rings. The first-order valence-electron chi connectivity index (χ1n) is 9.81. The quantitative estimate of drug-likeness (QED) is 0.894. The third-order valence-electron chi connectivity index (χ3n) is 6.95. The highest BCUT2D eigenvalue weighted by Crippen LogP contribution is 2.51. The molecule has 3 atom stereocenters. The lowest BCUT2D eigenvalue weighted by atomic mass is 9.62. The summed E-state index contributed by atoms with van der Waals surface area (Å²) in [5, 5.41) is 0. The molecular formula is C21H30N2O2. The molecule has 1 amide bonds. The van der Waals surface area contributed by atoms with E-state index in [1.807, 2.05) is 19.2 Å². The van der Waals surface area contributed by atoms with Gasteiger partial charge in [0.25, 0.3) is 0 Å². The van der Waals surface area contributed by atoms with E-state index in [4.69, 9.17) is 10.5 Å². The van der Waals surface area contributed by atoms with E-state index in [-0.39, 0.29) is 11.5 Å². The fraction of sp³-hybridized carbons (Fsp3) is 0.667. The molecule has 2 N–H and O–H groups in total. The van der Waals surface area contributed by atoms with Crippen LogP contribution in [-0.4, -0.2) is 37.6 Å². The molecule has 1 aromatic carbocycles. The van der Waals surface area contributed by atoms with Gasteiger partial charge in [0, 0.05) is 44.1 Å². The summed E-state index contributed by atoms with van der Waals surface area (Å²) < 4.78 is 6.28. The standard InChI is InChI=1S/C21H30N2O2/c1-25-21(17-8-3-7-16(11-17)20(22)24)18-9-4-10-19(21)14-23(13-18)12-15-5-2-6-15/h3,7-8,11,15,18-19H,2,4-6,9-10,12-14H2,1H3,(H2,22,24)/t18-,19+,21+. The van der Waals surface area contributed by atoms with Crippen molar-refractivity contribution >= 4 is 5.91 Å². The van der Waals surface area contributed by atoms with Crippen LogP contribution in [0.15, 0.2) is 24.3 Å². The first-order valence-corrected chi connectivity index (χ1v) is 9.81. The van der Waals surface area contributed by atoms with E-state index in [1.54, 1.807) is 6.07 Å². The van der Waals surface area contributed by atoms with Crippen LogP contribution in [0.2, 0.25) is 0 Å². The summed E-state index contributed by atoms with van der Waals surface area (Å²) in [6.07, 6.45) is 7.91. The molecule has 3 aliphatic rings. The molecule has 25 heavy (non-hydrogen) atoms. The molecule has 0 unspecified atom stereocenters. The van der Waals surface area contributed by atoms with Gasteiger partial charge in [0.05, 0.1) is 0 Å². The zero-order chi connectivity index (χ0) is 17.4. The van der Waals surface area contributed by atoms with Gasteiger partial charge in [-0.15, -0.1) is 0 Å². The maximum atomic E-state index is 11.7. The Morgan fingerprint density at radius 2 is 1.88 bits per heavy atom. The van der Waals surface area contributed by atoms with Crippen LogP contribution in [0.3, 0.4) is 0 Å². The van der Waals surface area contributed by atoms with Gasteiger partial charge in [-0.2, -0.15) is 0 Å². The van der Waals surface area contributed by atoms with Gasteiger partial charge in [-0.1, -0.05) is 25.0 Å². The molecule has 0 aromatic heterocycles. The number of benzene rings is 1. The van der Waals surface area contributed by atoms with Crippen molar-refractivity contribution < 1.29 is 9.53 Å². The Hall–Kier alpha value is -1.39. The fourth-order valence-electron chi connectivity index (χ4n) is 5.55. The molecule has 136 valence electrons. The van der Waals surface area contributed by atoms with Crippen molar-refractivity contribution in [3.63, 3.8) is 0 Å². The number of amides is 1. The van der Waals surface area contributed by atoms with Crippen LogP contribution in [0.5, 0.6) is 0 Å². The normalized spacial score (nSPS) is 33.0. The van der Waals surface area contributed by atoms with Crippen molar-refractivity contribution in [1.82, 2.24) is 4.90 Å². The number of ether oxygens (including phenoxy) is 1. The minimum absolute atomic E-state index is 0.264. The lowest BCUT2D eigenvalue weighted by Crippen LogP contribution is -2.59. The molecule has 1 heterocycles. The van der Waals surface area contributed by atoms with E-state index >= 15 is 0 Å². The Kier molecular flexibility index (Phi) is 4.59. The number of carbonyl (C=O) groups is 1. The van der Waals surface area contributed by atoms with E-state index in [2.05, 4.69) is 11.0 Å². The number of piperidine rings is 1. The third kappa shape index (κ3) is 2.89. The number of fused-ring (bicyclic) bond motifs is 2. The van der Waals surface area contributed by atoms with Gasteiger partial charge in [-0.25, -0.2) is 0 Å². The summed E-state index contributed by atoms with van der Waals surface area (Å²) in [5.74, 6) is 1.54. The van der Waals surface area contributed by atoms with Crippen molar-refractivity contribution in [3.8, 4) is 0 Å². The lowest BCUT2D eigenvalue weighted by molar-refractivity contribution is -0.171. The number of likely N-dealkylation sites (tertiary alicyclic amines) is 1. The highest BCUT2D eigenvalue weighted by atomic mass is 16.5. The fourth-order valence-corrected chi connectivity index (χ4v) is 5.55. The predicted molar refractivity (Wildman–Crippen MR) is 98.3 cm³/mol. The molecule has 4 nitrogen and oxygen atoms in total. The first-order chi connectivity index (χ1) is 12.1. The Balaban J connectivity index is 1.64. The molecule has 0 radical (unpaired) electrons. The largest absolute Gasteiger partial charge is 0.373 e. The Morgan fingerprint density at radius 3 is 2.44 bits per heavy atom. The van der Waals surface area contributed by atoms with Crippen LogP contribution < -0.4 is 5.73 Å². The second-order valence-electron chi connectivity index (χ2n) is 8.28. The maximum Gasteiger partial charge on any atom is 0.248 e. The molecule has 2 saturated carbocycles. The van der Waals surface area contributed by atoms with Crippen molar-refractivity contribution in [2.45, 2.75) is 44.1 Å². The number of rotatable bonds is 5. The lowest BCUT2D eigenvalue weighted by Gasteiger charge is -2.56. The van der Waals surface area contributed by atoms with Crippen LogP contribution >= 0.6 is 0 Å². The van der Waals surface area contributed by atoms with Crippen LogP contribution in [-0.2, 0) is 10.3 Å². The number of hydrogen-bond acceptors (Lipinski definition) is 3. The number of nitrogens with two attached hydrogens (primary N) is 1. The molecule has 1 aliphatic heterocycles. The molecule has 1 saturated heterocycles. The Morgan fingerprint density at radius 1 is 1.20 bits per heavy atom. The second kappa shape index (κ2) is 6.73. The summed E-state index contributed by atoms with van der Waals surface area (Å²) in [7, 11) is 1.85. The van der Waals surface area contributed by atoms with E-state index in [0.717, 1.165) is 24.6 Å². The van der Waals surface area contributed by atoms with Gasteiger partial charge in [-0.3, -0.25) is 4.79 Å². The predicted octanol–water partition coefficient (Wildman–Crippen LogP) is 3.16. The smallest absolute Gasteiger partial charge is 0.248 e. The van der Waals surface area contributed by atoms with Gasteiger partial charge < -0.3 is 15.4 Å². The average molecular weight is 342 g/mol. The summed E-state index contributed by atoms with van der Waals surface area (Å²) in [6.45, 7) is 3.48. The van der Waals surface area contributed by atoms with Gasteiger partial charge in [0.2, 0.25) is 5.91 Å². The molecule has 2 bridgehead atoms. The highest BCUT2D eigenvalue weighted by Gasteiger charge is 2.53. The Labute approximate surface area is 150 Å². The van der Waals surface area contributed by atoms with Gasteiger partial charge in [-0.05, 0) is 49.3 Å². The Bertz CT molecular complexity index is 627. The average Bonchev–Trinajstić information content (AvgIpc) is 2.57. The second-order valence-corrected chi connectivity index (χ2v) is 8.28. The number of carbonyl (C=O) groups excluding carboxylic acids is 1. The minimum Gasteiger partial charge on any atom is -0.373 e. The van der Waals surface area contributed by atoms with Crippen molar-refractivity contribution in [2.75, 3.05) is 26.7 Å². The number of hydrogen-bond donors (Lipinski definition) is 1. The summed E-state index contributed by atoms with van der Waals surface area (Å²) in [5.41, 5.74) is 6.99. The van der Waals surface area contributed by atoms with Gasteiger partial charge >= 0.3 is 0 Å². The molecular weight excluding hydrogens is 312 g/mol. The topological polar surface area (TPSA) is 55.6 Å². The number of primary amides is 1. The molecule has 2 aliphatic carbocycles. The van der Waals surface area contributed by atoms with E-state index in [9.17, 15) is 4.79 Å². The number of methoxy groups -OCH3 is 1. The van der Waals surface area contributed by atoms with Crippen LogP contribution in [0.1, 0.15) is 54.4 Å². The molecule has 1 aromatic rings. The summed E-state index contributed by atoms with van der Waals surface area (Å²) >= 11 is 0. The minimum atomic E-state index is -0.360. The molecule has 4 heteroatoms. The highest BCUT2D eigenvalue weighted by molar-refractivity contribution is 5.92. The van der Waals surface area contributed by atoms with Crippen molar-refractivity contribution in [3.05, 3.63) is 35.4 Å². The van der Waals surface area contributed by atoms with Gasteiger partial charge in [0.15, 0.2) is 0 Å². The monoisotopic (exact) mass is 342 g/mol. The van der Waals surface area contributed by atoms with Crippen LogP contribution in [0.25, 0.3) is 0 Å². The van der Waals surface area contributed by atoms with Crippen molar-refractivity contribution in [1.29, 1.82) is 0 Å². The van der Waals surface area contributed by atoms with Crippen molar-refractivity contribution in [2.24, 2.45) is 23.5 Å². The summed E-state index contributed by atoms with van der Waals surface area (Å²) in [4.78, 5) is 14.3. The van der Waals surface area contributed by atoms with E-state index < -0.39 is 0 Å². The molecule has 0 spiro atoms. The first kappa shape index (κ1) is 17.0. The zero-order valence-corrected chi connectivity index (χ0v) is 15.2. The SMILES string of the molecule is CO[C@@]1(c2cccc(C(N)=O)c2)[C@@H]2CCC[C@H]1CN(CC1CCC1)C2.